The minimum atomic E-state index is -0.380. The maximum Gasteiger partial charge on any atom is 0.248 e. The summed E-state index contributed by atoms with van der Waals surface area (Å²) in [5.41, 5.74) is 2.16. The van der Waals surface area contributed by atoms with Gasteiger partial charge < -0.3 is 14.6 Å². The van der Waals surface area contributed by atoms with E-state index in [0.29, 0.717) is 31.5 Å². The van der Waals surface area contributed by atoms with Crippen LogP contribution in [0.25, 0.3) is 11.0 Å². The number of nitrogens with zero attached hydrogens (tertiary/aromatic N) is 2. The molecule has 1 amide bonds. The molecule has 24 heavy (non-hydrogen) atoms. The van der Waals surface area contributed by atoms with Gasteiger partial charge in [-0.05, 0) is 51.7 Å². The van der Waals surface area contributed by atoms with Gasteiger partial charge in [0.05, 0.1) is 17.6 Å². The summed E-state index contributed by atoms with van der Waals surface area (Å²) in [6, 6.07) is 8.50. The molecule has 0 radical (unpaired) electrons. The number of aromatic nitrogens is 2. The first-order chi connectivity index (χ1) is 11.6. The molecule has 1 fully saturated rings. The highest BCUT2D eigenvalue weighted by atomic mass is 16.5. The van der Waals surface area contributed by atoms with Gasteiger partial charge in [0.1, 0.15) is 11.9 Å². The van der Waals surface area contributed by atoms with Crippen molar-refractivity contribution in [2.45, 2.75) is 52.2 Å². The van der Waals surface area contributed by atoms with E-state index in [4.69, 9.17) is 9.72 Å². The first-order valence-electron chi connectivity index (χ1n) is 8.91. The summed E-state index contributed by atoms with van der Waals surface area (Å²) >= 11 is 0. The molecule has 130 valence electrons. The van der Waals surface area contributed by atoms with E-state index < -0.39 is 0 Å². The van der Waals surface area contributed by atoms with Crippen molar-refractivity contribution in [1.29, 1.82) is 0 Å². The zero-order valence-electron chi connectivity index (χ0n) is 14.8. The first kappa shape index (κ1) is 17.0. The van der Waals surface area contributed by atoms with Crippen LogP contribution in [0.15, 0.2) is 24.3 Å². The fourth-order valence-corrected chi connectivity index (χ4v) is 2.93. The summed E-state index contributed by atoms with van der Waals surface area (Å²) in [4.78, 5) is 16.8. The molecular weight excluding hydrogens is 302 g/mol. The number of amides is 1. The number of hydrogen-bond donors (Lipinski definition) is 1. The lowest BCUT2D eigenvalue weighted by Crippen LogP contribution is -2.36. The lowest BCUT2D eigenvalue weighted by atomic mass is 10.3. The number of para-hydroxylation sites is 2. The Kier molecular flexibility index (Phi) is 5.19. The molecule has 5 nitrogen and oxygen atoms in total. The molecule has 0 spiro atoms. The molecule has 1 heterocycles. The largest absolute Gasteiger partial charge is 0.368 e. The van der Waals surface area contributed by atoms with Crippen molar-refractivity contribution in [2.75, 3.05) is 13.2 Å². The fourth-order valence-electron chi connectivity index (χ4n) is 2.93. The minimum absolute atomic E-state index is 0.0390. The topological polar surface area (TPSA) is 56.2 Å². The summed E-state index contributed by atoms with van der Waals surface area (Å²) in [6.45, 7) is 7.42. The number of hydrogen-bond acceptors (Lipinski definition) is 3. The number of carbonyl (C=O) groups excluding carboxylic acids is 1. The molecule has 5 heteroatoms. The quantitative estimate of drug-likeness (QED) is 0.810. The van der Waals surface area contributed by atoms with E-state index in [9.17, 15) is 4.79 Å². The second-order valence-corrected chi connectivity index (χ2v) is 6.94. The standard InChI is InChI=1S/C19H27N3O2/c1-13(2)22-17-7-5-4-6-16(17)21-18(22)10-11-20-19(23)14(3)24-12-15-8-9-15/h4-7,13-15H,8-12H2,1-3H3,(H,20,23)/t14-/m1/s1. The van der Waals surface area contributed by atoms with Crippen molar-refractivity contribution >= 4 is 16.9 Å². The Morgan fingerprint density at radius 2 is 2.08 bits per heavy atom. The van der Waals surface area contributed by atoms with Crippen LogP contribution in [0, 0.1) is 5.92 Å². The zero-order chi connectivity index (χ0) is 17.1. The molecule has 1 N–H and O–H groups in total. The van der Waals surface area contributed by atoms with Crippen molar-refractivity contribution in [3.8, 4) is 0 Å². The maximum absolute atomic E-state index is 12.1. The molecule has 0 unspecified atom stereocenters. The monoisotopic (exact) mass is 329 g/mol. The summed E-state index contributed by atoms with van der Waals surface area (Å²) in [5, 5.41) is 2.97. The van der Waals surface area contributed by atoms with Crippen molar-refractivity contribution in [2.24, 2.45) is 5.92 Å². The molecule has 1 aromatic heterocycles. The predicted octanol–water partition coefficient (Wildman–Crippen LogP) is 3.09. The number of carbonyl (C=O) groups is 1. The van der Waals surface area contributed by atoms with Gasteiger partial charge in [-0.2, -0.15) is 0 Å². The van der Waals surface area contributed by atoms with Gasteiger partial charge in [-0.1, -0.05) is 12.1 Å². The molecule has 1 aliphatic rings. The molecule has 1 aliphatic carbocycles. The van der Waals surface area contributed by atoms with Crippen LogP contribution in [0.3, 0.4) is 0 Å². The fraction of sp³-hybridized carbons (Fsp3) is 0.579. The van der Waals surface area contributed by atoms with E-state index in [2.05, 4.69) is 29.8 Å². The van der Waals surface area contributed by atoms with Crippen LogP contribution in [0.1, 0.15) is 45.5 Å². The molecule has 1 saturated carbocycles. The van der Waals surface area contributed by atoms with Gasteiger partial charge >= 0.3 is 0 Å². The van der Waals surface area contributed by atoms with Crippen molar-refractivity contribution in [3.05, 3.63) is 30.1 Å². The third-order valence-corrected chi connectivity index (χ3v) is 4.48. The Morgan fingerprint density at radius 1 is 1.33 bits per heavy atom. The number of imidazole rings is 1. The van der Waals surface area contributed by atoms with Crippen LogP contribution in [-0.2, 0) is 16.0 Å². The Labute approximate surface area is 143 Å². The summed E-state index contributed by atoms with van der Waals surface area (Å²) in [7, 11) is 0. The molecule has 1 atom stereocenters. The Bertz CT molecular complexity index is 704. The van der Waals surface area contributed by atoms with Crippen LogP contribution < -0.4 is 5.32 Å². The van der Waals surface area contributed by atoms with Gasteiger partial charge in [-0.3, -0.25) is 4.79 Å². The average Bonchev–Trinajstić information content (AvgIpc) is 3.31. The van der Waals surface area contributed by atoms with E-state index in [0.717, 1.165) is 16.9 Å². The second-order valence-electron chi connectivity index (χ2n) is 6.94. The normalized spacial score (nSPS) is 15.8. The first-order valence-corrected chi connectivity index (χ1v) is 8.91. The highest BCUT2D eigenvalue weighted by Crippen LogP contribution is 2.29. The predicted molar refractivity (Wildman–Crippen MR) is 95.0 cm³/mol. The number of nitrogens with one attached hydrogen (secondary N) is 1. The Balaban J connectivity index is 1.57. The molecule has 3 rings (SSSR count). The molecule has 0 saturated heterocycles. The highest BCUT2D eigenvalue weighted by molar-refractivity contribution is 5.80. The lowest BCUT2D eigenvalue weighted by molar-refractivity contribution is -0.131. The van der Waals surface area contributed by atoms with Crippen molar-refractivity contribution in [1.82, 2.24) is 14.9 Å². The molecule has 2 aromatic rings. The van der Waals surface area contributed by atoms with Gasteiger partial charge in [0.15, 0.2) is 0 Å². The van der Waals surface area contributed by atoms with E-state index >= 15 is 0 Å². The van der Waals surface area contributed by atoms with Crippen LogP contribution in [0.5, 0.6) is 0 Å². The number of rotatable bonds is 8. The molecule has 0 aliphatic heterocycles. The SMILES string of the molecule is CC(C)n1c(CCNC(=O)[C@@H](C)OCC2CC2)nc2ccccc21. The summed E-state index contributed by atoms with van der Waals surface area (Å²) in [5.74, 6) is 1.65. The van der Waals surface area contributed by atoms with E-state index in [1.165, 1.54) is 12.8 Å². The van der Waals surface area contributed by atoms with Gasteiger partial charge in [0.25, 0.3) is 0 Å². The van der Waals surface area contributed by atoms with Crippen LogP contribution in [-0.4, -0.2) is 34.7 Å². The second kappa shape index (κ2) is 7.34. The van der Waals surface area contributed by atoms with Gasteiger partial charge in [-0.25, -0.2) is 4.98 Å². The molecule has 0 bridgehead atoms. The maximum atomic E-state index is 12.1. The van der Waals surface area contributed by atoms with Crippen LogP contribution >= 0.6 is 0 Å². The van der Waals surface area contributed by atoms with Gasteiger partial charge in [0, 0.05) is 19.0 Å². The summed E-state index contributed by atoms with van der Waals surface area (Å²) in [6.07, 6.45) is 2.81. The van der Waals surface area contributed by atoms with E-state index in [1.54, 1.807) is 0 Å². The summed E-state index contributed by atoms with van der Waals surface area (Å²) < 4.78 is 7.85. The highest BCUT2D eigenvalue weighted by Gasteiger charge is 2.24. The van der Waals surface area contributed by atoms with Crippen LogP contribution in [0.4, 0.5) is 0 Å². The number of fused-ring (bicyclic) bond motifs is 1. The van der Waals surface area contributed by atoms with Gasteiger partial charge in [0.2, 0.25) is 5.91 Å². The van der Waals surface area contributed by atoms with Crippen molar-refractivity contribution < 1.29 is 9.53 Å². The minimum Gasteiger partial charge on any atom is -0.368 e. The average molecular weight is 329 g/mol. The number of ether oxygens (including phenoxy) is 1. The van der Waals surface area contributed by atoms with Gasteiger partial charge in [-0.15, -0.1) is 0 Å². The third-order valence-electron chi connectivity index (χ3n) is 4.48. The smallest absolute Gasteiger partial charge is 0.248 e. The third kappa shape index (κ3) is 3.96. The Morgan fingerprint density at radius 3 is 2.79 bits per heavy atom. The number of benzene rings is 1. The van der Waals surface area contributed by atoms with Crippen molar-refractivity contribution in [3.63, 3.8) is 0 Å². The van der Waals surface area contributed by atoms with Crippen LogP contribution in [0.2, 0.25) is 0 Å². The zero-order valence-corrected chi connectivity index (χ0v) is 14.8. The van der Waals surface area contributed by atoms with E-state index in [1.807, 2.05) is 25.1 Å². The molecular formula is C19H27N3O2. The Hall–Kier alpha value is -1.88. The van der Waals surface area contributed by atoms with E-state index in [-0.39, 0.29) is 12.0 Å². The molecule has 1 aromatic carbocycles. The lowest BCUT2D eigenvalue weighted by Gasteiger charge is -2.15.